The number of phenolic OH excluding ortho intramolecular Hbond substituents is 1. The first kappa shape index (κ1) is 14.9. The van der Waals surface area contributed by atoms with E-state index in [4.69, 9.17) is 17.3 Å². The predicted molar refractivity (Wildman–Crippen MR) is 96.0 cm³/mol. The zero-order chi connectivity index (χ0) is 16.8. The molecule has 3 aromatic rings. The quantitative estimate of drug-likeness (QED) is 0.295. The second-order valence-corrected chi connectivity index (χ2v) is 6.27. The Morgan fingerprint density at radius 1 is 1.29 bits per heavy atom. The van der Waals surface area contributed by atoms with E-state index < -0.39 is 0 Å². The van der Waals surface area contributed by atoms with Crippen LogP contribution in [0.3, 0.4) is 0 Å². The van der Waals surface area contributed by atoms with Gasteiger partial charge in [0.25, 0.3) is 0 Å². The molecule has 0 amide bonds. The van der Waals surface area contributed by atoms with E-state index in [1.807, 2.05) is 23.1 Å². The number of carbonyl (C=O) groups is 1. The number of fused-ring (bicyclic) bond motifs is 2. The molecule has 1 atom stereocenters. The van der Waals surface area contributed by atoms with Crippen LogP contribution >= 0.6 is 11.6 Å². The molecule has 0 radical (unpaired) electrons. The Bertz CT molecular complexity index is 951. The number of ketones is 1. The van der Waals surface area contributed by atoms with E-state index >= 15 is 0 Å². The summed E-state index contributed by atoms with van der Waals surface area (Å²) >= 11 is 6.00. The molecule has 0 bridgehead atoms. The number of hydrogen-bond acceptors (Lipinski definition) is 4. The van der Waals surface area contributed by atoms with Crippen LogP contribution in [-0.4, -0.2) is 28.4 Å². The van der Waals surface area contributed by atoms with E-state index in [1.165, 1.54) is 0 Å². The molecule has 1 aliphatic heterocycles. The highest BCUT2D eigenvalue weighted by Crippen LogP contribution is 2.40. The van der Waals surface area contributed by atoms with Gasteiger partial charge in [-0.15, -0.1) is 11.6 Å². The molecule has 4 N–H and O–H groups in total. The van der Waals surface area contributed by atoms with Crippen molar-refractivity contribution in [1.29, 1.82) is 0 Å². The lowest BCUT2D eigenvalue weighted by Crippen LogP contribution is -2.23. The first-order chi connectivity index (χ1) is 11.6. The van der Waals surface area contributed by atoms with Crippen molar-refractivity contribution in [3.63, 3.8) is 0 Å². The summed E-state index contributed by atoms with van der Waals surface area (Å²) in [5, 5.41) is 10.7. The van der Waals surface area contributed by atoms with E-state index in [1.54, 1.807) is 24.3 Å². The number of hydrogen-bond donors (Lipinski definition) is 3. The van der Waals surface area contributed by atoms with E-state index in [0.29, 0.717) is 23.9 Å². The van der Waals surface area contributed by atoms with Crippen molar-refractivity contribution in [2.24, 2.45) is 0 Å². The molecule has 1 aromatic heterocycles. The summed E-state index contributed by atoms with van der Waals surface area (Å²) in [4.78, 5) is 18.1. The lowest BCUT2D eigenvalue weighted by Gasteiger charge is -2.15. The van der Waals surface area contributed by atoms with Gasteiger partial charge in [-0.25, -0.2) is 0 Å². The molecule has 1 unspecified atom stereocenters. The van der Waals surface area contributed by atoms with Gasteiger partial charge in [0, 0.05) is 28.8 Å². The highest BCUT2D eigenvalue weighted by Gasteiger charge is 2.34. The van der Waals surface area contributed by atoms with Crippen LogP contribution in [0.1, 0.15) is 22.0 Å². The molecule has 0 saturated heterocycles. The average molecular weight is 342 g/mol. The number of alkyl halides is 1. The molecule has 6 heteroatoms. The van der Waals surface area contributed by atoms with E-state index in [9.17, 15) is 9.90 Å². The van der Waals surface area contributed by atoms with Gasteiger partial charge in [-0.1, -0.05) is 0 Å². The maximum absolute atomic E-state index is 13.0. The van der Waals surface area contributed by atoms with Gasteiger partial charge in [-0.05, 0) is 48.0 Å². The Balaban J connectivity index is 1.75. The third-order valence-corrected chi connectivity index (χ3v) is 4.79. The van der Waals surface area contributed by atoms with Gasteiger partial charge in [-0.2, -0.15) is 0 Å². The van der Waals surface area contributed by atoms with Crippen LogP contribution in [0, 0.1) is 0 Å². The third kappa shape index (κ3) is 2.29. The Labute approximate surface area is 143 Å². The Morgan fingerprint density at radius 3 is 2.92 bits per heavy atom. The Morgan fingerprint density at radius 2 is 2.12 bits per heavy atom. The summed E-state index contributed by atoms with van der Waals surface area (Å²) in [6.45, 7) is 0.499. The minimum Gasteiger partial charge on any atom is -0.508 e. The Hall–Kier alpha value is -2.66. The highest BCUT2D eigenvalue weighted by molar-refractivity contribution is 6.19. The standard InChI is InChI=1S/C18H16ClN3O2/c19-9-22-8-14(13-7-12(23)2-4-17(13)22)18(24)16-6-10-5-11(20)1-3-15(10)21-16/h1-7,14,21,23H,8-9,20H2. The molecule has 0 fully saturated rings. The van der Waals surface area contributed by atoms with Gasteiger partial charge in [0.05, 0.1) is 17.6 Å². The van der Waals surface area contributed by atoms with Crippen LogP contribution in [-0.2, 0) is 0 Å². The summed E-state index contributed by atoms with van der Waals surface area (Å²) in [5.74, 6) is -0.243. The fourth-order valence-corrected chi connectivity index (χ4v) is 3.56. The van der Waals surface area contributed by atoms with Crippen LogP contribution in [0.5, 0.6) is 5.75 Å². The average Bonchev–Trinajstić information content (AvgIpc) is 3.14. The summed E-state index contributed by atoms with van der Waals surface area (Å²) in [6.07, 6.45) is 0. The van der Waals surface area contributed by atoms with Crippen molar-refractivity contribution in [3.05, 3.63) is 53.7 Å². The number of benzene rings is 2. The van der Waals surface area contributed by atoms with E-state index in [-0.39, 0.29) is 17.5 Å². The van der Waals surface area contributed by atoms with Crippen LogP contribution in [0.4, 0.5) is 11.4 Å². The molecular weight excluding hydrogens is 326 g/mol. The van der Waals surface area contributed by atoms with Crippen molar-refractivity contribution in [3.8, 4) is 5.75 Å². The van der Waals surface area contributed by atoms with Crippen molar-refractivity contribution < 1.29 is 9.90 Å². The maximum atomic E-state index is 13.0. The second kappa shape index (κ2) is 5.46. The minimum absolute atomic E-state index is 0.0239. The summed E-state index contributed by atoms with van der Waals surface area (Å²) in [5.41, 5.74) is 9.56. The van der Waals surface area contributed by atoms with Crippen LogP contribution in [0.2, 0.25) is 0 Å². The fraction of sp³-hybridized carbons (Fsp3) is 0.167. The molecule has 5 nitrogen and oxygen atoms in total. The molecule has 0 aliphatic carbocycles. The molecule has 2 heterocycles. The molecule has 4 rings (SSSR count). The number of carbonyl (C=O) groups excluding carboxylic acids is 1. The number of halogens is 1. The predicted octanol–water partition coefficient (Wildman–Crippen LogP) is 3.44. The number of nitrogens with one attached hydrogen (secondary N) is 1. The molecule has 2 aromatic carbocycles. The number of anilines is 2. The molecule has 24 heavy (non-hydrogen) atoms. The molecular formula is C18H16ClN3O2. The number of nitrogens with two attached hydrogens (primary N) is 1. The summed E-state index contributed by atoms with van der Waals surface area (Å²) < 4.78 is 0. The minimum atomic E-state index is -0.365. The molecule has 122 valence electrons. The first-order valence-electron chi connectivity index (χ1n) is 7.63. The van der Waals surface area contributed by atoms with Crippen molar-refractivity contribution in [1.82, 2.24) is 4.98 Å². The van der Waals surface area contributed by atoms with Crippen LogP contribution < -0.4 is 10.6 Å². The molecule has 1 aliphatic rings. The van der Waals surface area contributed by atoms with Crippen molar-refractivity contribution >= 4 is 39.7 Å². The zero-order valence-corrected chi connectivity index (χ0v) is 13.5. The number of phenols is 1. The van der Waals surface area contributed by atoms with Crippen molar-refractivity contribution in [2.45, 2.75) is 5.92 Å². The lowest BCUT2D eigenvalue weighted by atomic mass is 9.95. The number of Topliss-reactive ketones (excluding diaryl/α,β-unsaturated/α-hetero) is 1. The SMILES string of the molecule is Nc1ccc2[nH]c(C(=O)C3CN(CCl)c4ccc(O)cc43)cc2c1. The topological polar surface area (TPSA) is 82.4 Å². The van der Waals surface area contributed by atoms with Crippen molar-refractivity contribution in [2.75, 3.05) is 23.2 Å². The van der Waals surface area contributed by atoms with Gasteiger partial charge in [0.1, 0.15) is 5.75 Å². The number of nitrogens with zero attached hydrogens (tertiary/aromatic N) is 1. The van der Waals surface area contributed by atoms with E-state index in [2.05, 4.69) is 4.98 Å². The van der Waals surface area contributed by atoms with Gasteiger partial charge in [0.15, 0.2) is 5.78 Å². The zero-order valence-electron chi connectivity index (χ0n) is 12.8. The number of aromatic nitrogens is 1. The number of nitrogen functional groups attached to an aromatic ring is 1. The van der Waals surface area contributed by atoms with E-state index in [0.717, 1.165) is 22.2 Å². The summed E-state index contributed by atoms with van der Waals surface area (Å²) in [6, 6.07) is 12.7. The van der Waals surface area contributed by atoms with Crippen LogP contribution in [0.25, 0.3) is 10.9 Å². The van der Waals surface area contributed by atoms with Gasteiger partial charge >= 0.3 is 0 Å². The highest BCUT2D eigenvalue weighted by atomic mass is 35.5. The fourth-order valence-electron chi connectivity index (χ4n) is 3.33. The Kier molecular flexibility index (Phi) is 3.39. The first-order valence-corrected chi connectivity index (χ1v) is 8.16. The van der Waals surface area contributed by atoms with Crippen LogP contribution in [0.15, 0.2) is 42.5 Å². The summed E-state index contributed by atoms with van der Waals surface area (Å²) in [7, 11) is 0. The monoisotopic (exact) mass is 341 g/mol. The maximum Gasteiger partial charge on any atom is 0.188 e. The number of rotatable bonds is 3. The normalized spacial score (nSPS) is 16.5. The van der Waals surface area contributed by atoms with Gasteiger partial charge in [-0.3, -0.25) is 4.79 Å². The third-order valence-electron chi connectivity index (χ3n) is 4.50. The molecule has 0 saturated carbocycles. The smallest absolute Gasteiger partial charge is 0.188 e. The molecule has 0 spiro atoms. The number of aromatic amines is 1. The number of aromatic hydroxyl groups is 1. The second-order valence-electron chi connectivity index (χ2n) is 6.03. The number of H-pyrrole nitrogens is 1. The largest absolute Gasteiger partial charge is 0.508 e. The van der Waals surface area contributed by atoms with Gasteiger partial charge in [0.2, 0.25) is 0 Å². The van der Waals surface area contributed by atoms with Gasteiger partial charge < -0.3 is 20.7 Å². The lowest BCUT2D eigenvalue weighted by molar-refractivity contribution is 0.0961.